The van der Waals surface area contributed by atoms with Crippen LogP contribution in [0.15, 0.2) is 16.8 Å². The van der Waals surface area contributed by atoms with Crippen LogP contribution in [0.25, 0.3) is 0 Å². The van der Waals surface area contributed by atoms with Gasteiger partial charge in [-0.3, -0.25) is 0 Å². The molecule has 0 amide bonds. The molecule has 0 unspecified atom stereocenters. The van der Waals surface area contributed by atoms with Gasteiger partial charge in [-0.1, -0.05) is 19.3 Å². The molecule has 3 heteroatoms. The Hall–Kier alpha value is -1.12. The summed E-state index contributed by atoms with van der Waals surface area (Å²) in [5.41, 5.74) is 1.34. The molecule has 0 atom stereocenters. The van der Waals surface area contributed by atoms with E-state index < -0.39 is 5.97 Å². The molecule has 0 bridgehead atoms. The van der Waals surface area contributed by atoms with Crippen molar-refractivity contribution in [2.75, 3.05) is 0 Å². The van der Waals surface area contributed by atoms with E-state index >= 15 is 0 Å². The molecule has 1 aliphatic carbocycles. The molecule has 1 saturated carbocycles. The van der Waals surface area contributed by atoms with Crippen molar-refractivity contribution in [1.29, 1.82) is 0 Å². The minimum absolute atomic E-state index is 0.241. The van der Waals surface area contributed by atoms with Crippen molar-refractivity contribution >= 4 is 11.7 Å². The lowest BCUT2D eigenvalue weighted by atomic mass is 9.85. The Labute approximate surface area is 83.5 Å². The fraction of sp³-hybridized carbons (Fsp3) is 0.636. The molecule has 1 fully saturated rings. The summed E-state index contributed by atoms with van der Waals surface area (Å²) in [5.74, 6) is -0.340. The third-order valence-corrected chi connectivity index (χ3v) is 3.06. The number of carbonyl (C=O) groups is 1. The van der Waals surface area contributed by atoms with Gasteiger partial charge in [0.05, 0.1) is 0 Å². The highest BCUT2D eigenvalue weighted by molar-refractivity contribution is 5.99. The maximum absolute atomic E-state index is 10.7. The second-order valence-electron chi connectivity index (χ2n) is 4.04. The van der Waals surface area contributed by atoms with Crippen molar-refractivity contribution < 1.29 is 9.90 Å². The van der Waals surface area contributed by atoms with E-state index in [1.54, 1.807) is 6.08 Å². The molecule has 14 heavy (non-hydrogen) atoms. The monoisotopic (exact) mass is 193 g/mol. The molecular weight excluding hydrogens is 178 g/mol. The molecule has 1 aliphatic heterocycles. The number of nitrogens with zero attached hydrogens (tertiary/aromatic N) is 1. The standard InChI is InChI=1S/C11H15NO2/c13-11(14)10-7-6-9(12-10)8-4-2-1-3-5-8/h7-8H,1-6H2,(H,13,14). The number of carboxylic acid groups (broad SMARTS) is 1. The smallest absolute Gasteiger partial charge is 0.354 e. The lowest BCUT2D eigenvalue weighted by Crippen LogP contribution is -2.16. The quantitative estimate of drug-likeness (QED) is 0.732. The molecule has 3 nitrogen and oxygen atoms in total. The largest absolute Gasteiger partial charge is 0.477 e. The van der Waals surface area contributed by atoms with E-state index in [-0.39, 0.29) is 5.70 Å². The Morgan fingerprint density at radius 1 is 1.36 bits per heavy atom. The predicted molar refractivity (Wildman–Crippen MR) is 54.3 cm³/mol. The number of hydrogen-bond donors (Lipinski definition) is 1. The molecule has 0 radical (unpaired) electrons. The number of carboxylic acids is 1. The SMILES string of the molecule is O=C(O)C1=CCC(C2CCCCC2)=N1. The van der Waals surface area contributed by atoms with Crippen LogP contribution in [-0.2, 0) is 4.79 Å². The van der Waals surface area contributed by atoms with E-state index in [1.807, 2.05) is 0 Å². The van der Waals surface area contributed by atoms with E-state index in [0.29, 0.717) is 5.92 Å². The van der Waals surface area contributed by atoms with Gasteiger partial charge < -0.3 is 5.11 Å². The molecule has 2 rings (SSSR count). The van der Waals surface area contributed by atoms with Crippen molar-refractivity contribution in [2.45, 2.75) is 38.5 Å². The molecule has 0 spiro atoms. The van der Waals surface area contributed by atoms with Gasteiger partial charge in [0, 0.05) is 12.1 Å². The lowest BCUT2D eigenvalue weighted by molar-refractivity contribution is -0.132. The second-order valence-corrected chi connectivity index (χ2v) is 4.04. The minimum atomic E-state index is -0.893. The maximum Gasteiger partial charge on any atom is 0.354 e. The molecule has 0 aromatic carbocycles. The molecule has 1 N–H and O–H groups in total. The average molecular weight is 193 g/mol. The first kappa shape index (κ1) is 9.44. The summed E-state index contributed by atoms with van der Waals surface area (Å²) < 4.78 is 0. The molecule has 0 saturated heterocycles. The van der Waals surface area contributed by atoms with Gasteiger partial charge in [-0.2, -0.15) is 0 Å². The Bertz CT molecular complexity index is 298. The molecule has 2 aliphatic rings. The Morgan fingerprint density at radius 2 is 2.07 bits per heavy atom. The highest BCUT2D eigenvalue weighted by Crippen LogP contribution is 2.28. The van der Waals surface area contributed by atoms with Gasteiger partial charge in [0.25, 0.3) is 0 Å². The van der Waals surface area contributed by atoms with Gasteiger partial charge in [0.2, 0.25) is 0 Å². The molecule has 76 valence electrons. The number of hydrogen-bond acceptors (Lipinski definition) is 2. The number of aliphatic carboxylic acids is 1. The zero-order valence-corrected chi connectivity index (χ0v) is 8.20. The topological polar surface area (TPSA) is 49.7 Å². The summed E-state index contributed by atoms with van der Waals surface area (Å²) in [5, 5.41) is 8.75. The van der Waals surface area contributed by atoms with E-state index in [0.717, 1.165) is 12.1 Å². The first-order valence-corrected chi connectivity index (χ1v) is 5.28. The van der Waals surface area contributed by atoms with E-state index in [1.165, 1.54) is 32.1 Å². The molecular formula is C11H15NO2. The summed E-state index contributed by atoms with van der Waals surface area (Å²) in [6, 6.07) is 0. The third kappa shape index (κ3) is 1.86. The van der Waals surface area contributed by atoms with E-state index in [2.05, 4.69) is 4.99 Å². The fourth-order valence-electron chi connectivity index (χ4n) is 2.28. The highest BCUT2D eigenvalue weighted by atomic mass is 16.4. The van der Waals surface area contributed by atoms with Crippen LogP contribution in [0.3, 0.4) is 0 Å². The van der Waals surface area contributed by atoms with Gasteiger partial charge in [-0.15, -0.1) is 0 Å². The van der Waals surface area contributed by atoms with Crippen LogP contribution in [-0.4, -0.2) is 16.8 Å². The van der Waals surface area contributed by atoms with Crippen LogP contribution in [0, 0.1) is 5.92 Å². The van der Waals surface area contributed by atoms with E-state index in [9.17, 15) is 4.79 Å². The third-order valence-electron chi connectivity index (χ3n) is 3.06. The van der Waals surface area contributed by atoms with Crippen LogP contribution in [0.5, 0.6) is 0 Å². The summed E-state index contributed by atoms with van der Waals surface area (Å²) in [4.78, 5) is 14.8. The van der Waals surface area contributed by atoms with Crippen LogP contribution in [0.1, 0.15) is 38.5 Å². The van der Waals surface area contributed by atoms with Crippen LogP contribution < -0.4 is 0 Å². The maximum atomic E-state index is 10.7. The summed E-state index contributed by atoms with van der Waals surface area (Å²) in [6.45, 7) is 0. The Morgan fingerprint density at radius 3 is 2.64 bits per heavy atom. The minimum Gasteiger partial charge on any atom is -0.477 e. The first-order chi connectivity index (χ1) is 6.77. The molecule has 0 aromatic rings. The number of allylic oxidation sites excluding steroid dienone is 1. The highest BCUT2D eigenvalue weighted by Gasteiger charge is 2.23. The number of aliphatic imine (C=N–C) groups is 1. The summed E-state index contributed by atoms with van der Waals surface area (Å²) >= 11 is 0. The average Bonchev–Trinajstić information content (AvgIpc) is 2.68. The molecule has 1 heterocycles. The summed E-state index contributed by atoms with van der Waals surface area (Å²) in [6.07, 6.45) is 8.74. The van der Waals surface area contributed by atoms with Gasteiger partial charge >= 0.3 is 5.97 Å². The van der Waals surface area contributed by atoms with Gasteiger partial charge in [0.1, 0.15) is 5.70 Å². The van der Waals surface area contributed by atoms with E-state index in [4.69, 9.17) is 5.11 Å². The summed E-state index contributed by atoms with van der Waals surface area (Å²) in [7, 11) is 0. The molecule has 0 aromatic heterocycles. The lowest BCUT2D eigenvalue weighted by Gasteiger charge is -2.21. The van der Waals surface area contributed by atoms with Crippen LogP contribution in [0.4, 0.5) is 0 Å². The van der Waals surface area contributed by atoms with Crippen LogP contribution >= 0.6 is 0 Å². The zero-order valence-electron chi connectivity index (χ0n) is 8.20. The van der Waals surface area contributed by atoms with Gasteiger partial charge in [0.15, 0.2) is 0 Å². The van der Waals surface area contributed by atoms with Gasteiger partial charge in [-0.05, 0) is 24.8 Å². The number of rotatable bonds is 2. The first-order valence-electron chi connectivity index (χ1n) is 5.28. The second kappa shape index (κ2) is 3.95. The van der Waals surface area contributed by atoms with Crippen molar-refractivity contribution in [3.8, 4) is 0 Å². The normalized spacial score (nSPS) is 23.1. The predicted octanol–water partition coefficient (Wildman–Crippen LogP) is 2.38. The van der Waals surface area contributed by atoms with Crippen molar-refractivity contribution in [3.05, 3.63) is 11.8 Å². The fourth-order valence-corrected chi connectivity index (χ4v) is 2.28. The Balaban J connectivity index is 2.01. The van der Waals surface area contributed by atoms with Crippen molar-refractivity contribution in [1.82, 2.24) is 0 Å². The zero-order chi connectivity index (χ0) is 9.97. The Kier molecular flexibility index (Phi) is 2.66. The van der Waals surface area contributed by atoms with Crippen molar-refractivity contribution in [2.24, 2.45) is 10.9 Å². The van der Waals surface area contributed by atoms with Gasteiger partial charge in [-0.25, -0.2) is 9.79 Å². The van der Waals surface area contributed by atoms with Crippen LogP contribution in [0.2, 0.25) is 0 Å². The van der Waals surface area contributed by atoms with Crippen molar-refractivity contribution in [3.63, 3.8) is 0 Å².